The van der Waals surface area contributed by atoms with E-state index in [0.29, 0.717) is 0 Å². The molecule has 2 aliphatic rings. The van der Waals surface area contributed by atoms with Crippen molar-refractivity contribution in [1.29, 1.82) is 0 Å². The molecule has 2 bridgehead atoms. The van der Waals surface area contributed by atoms with Gasteiger partial charge in [0.1, 0.15) is 0 Å². The first-order valence-corrected chi connectivity index (χ1v) is 5.58. The molecule has 0 aromatic carbocycles. The van der Waals surface area contributed by atoms with Gasteiger partial charge in [-0.15, -0.1) is 0 Å². The van der Waals surface area contributed by atoms with Crippen LogP contribution in [0.1, 0.15) is 32.6 Å². The molecule has 2 fully saturated rings. The minimum Gasteiger partial charge on any atom is -0.323 e. The Hall–Kier alpha value is -0.790. The van der Waals surface area contributed by atoms with Crippen molar-refractivity contribution in [2.45, 2.75) is 32.6 Å². The quantitative estimate of drug-likeness (QED) is 0.659. The van der Waals surface area contributed by atoms with Crippen LogP contribution in [0.25, 0.3) is 0 Å². The normalized spacial score (nSPS) is 35.4. The fourth-order valence-electron chi connectivity index (χ4n) is 2.87. The third-order valence-corrected chi connectivity index (χ3v) is 3.85. The molecule has 2 aliphatic carbocycles. The summed E-state index contributed by atoms with van der Waals surface area (Å²) < 4.78 is 0. The van der Waals surface area contributed by atoms with Crippen LogP contribution in [0.2, 0.25) is 0 Å². The summed E-state index contributed by atoms with van der Waals surface area (Å²) in [5, 5.41) is 0. The molecular weight excluding hydrogens is 174 g/mol. The van der Waals surface area contributed by atoms with E-state index in [2.05, 4.69) is 6.08 Å². The predicted octanol–water partition coefficient (Wildman–Crippen LogP) is 2.41. The summed E-state index contributed by atoms with van der Waals surface area (Å²) >= 11 is 0. The van der Waals surface area contributed by atoms with E-state index in [1.54, 1.807) is 11.8 Å². The van der Waals surface area contributed by atoms with Gasteiger partial charge in [0.05, 0.1) is 0 Å². The monoisotopic (exact) mass is 193 g/mol. The summed E-state index contributed by atoms with van der Waals surface area (Å²) in [7, 11) is 1.83. The van der Waals surface area contributed by atoms with Gasteiger partial charge in [-0.1, -0.05) is 12.5 Å². The van der Waals surface area contributed by atoms with Crippen LogP contribution < -0.4 is 0 Å². The Morgan fingerprint density at radius 1 is 1.36 bits per heavy atom. The molecule has 0 saturated heterocycles. The average Bonchev–Trinajstić information content (AvgIpc) is 2.74. The molecule has 0 aromatic rings. The molecule has 0 spiro atoms. The maximum absolute atomic E-state index is 11.0. The zero-order chi connectivity index (χ0) is 10.1. The highest BCUT2D eigenvalue weighted by Gasteiger charge is 2.37. The third-order valence-electron chi connectivity index (χ3n) is 3.85. The molecule has 0 aromatic heterocycles. The van der Waals surface area contributed by atoms with Crippen molar-refractivity contribution in [1.82, 2.24) is 4.90 Å². The fraction of sp³-hybridized carbons (Fsp3) is 0.750. The molecular formula is C12H19NO. The van der Waals surface area contributed by atoms with Crippen molar-refractivity contribution in [2.24, 2.45) is 17.8 Å². The number of nitrogens with zero attached hydrogens (tertiary/aromatic N) is 1. The third kappa shape index (κ3) is 1.84. The Morgan fingerprint density at radius 2 is 2.14 bits per heavy atom. The lowest BCUT2D eigenvalue weighted by Gasteiger charge is -2.18. The Labute approximate surface area is 86.0 Å². The molecule has 3 atom stereocenters. The highest BCUT2D eigenvalue weighted by atomic mass is 16.2. The van der Waals surface area contributed by atoms with E-state index in [1.165, 1.54) is 25.7 Å². The van der Waals surface area contributed by atoms with Crippen molar-refractivity contribution in [3.63, 3.8) is 0 Å². The topological polar surface area (TPSA) is 20.3 Å². The van der Waals surface area contributed by atoms with E-state index in [0.717, 1.165) is 17.8 Å². The van der Waals surface area contributed by atoms with Crippen molar-refractivity contribution in [3.8, 4) is 0 Å². The van der Waals surface area contributed by atoms with E-state index in [4.69, 9.17) is 0 Å². The molecule has 0 aliphatic heterocycles. The number of fused-ring (bicyclic) bond motifs is 2. The summed E-state index contributed by atoms with van der Waals surface area (Å²) in [6, 6.07) is 0. The van der Waals surface area contributed by atoms with Gasteiger partial charge >= 0.3 is 0 Å². The van der Waals surface area contributed by atoms with Gasteiger partial charge in [0.2, 0.25) is 5.91 Å². The Morgan fingerprint density at radius 3 is 2.64 bits per heavy atom. The van der Waals surface area contributed by atoms with Crippen molar-refractivity contribution in [3.05, 3.63) is 12.3 Å². The van der Waals surface area contributed by atoms with Crippen LogP contribution in [-0.2, 0) is 4.79 Å². The van der Waals surface area contributed by atoms with Gasteiger partial charge in [-0.25, -0.2) is 0 Å². The van der Waals surface area contributed by atoms with Crippen molar-refractivity contribution < 1.29 is 4.79 Å². The van der Waals surface area contributed by atoms with Gasteiger partial charge in [0, 0.05) is 20.2 Å². The largest absolute Gasteiger partial charge is 0.323 e. The van der Waals surface area contributed by atoms with E-state index in [9.17, 15) is 4.79 Å². The summed E-state index contributed by atoms with van der Waals surface area (Å²) in [5.74, 6) is 2.76. The number of carbonyl (C=O) groups excluding carboxylic acids is 1. The molecule has 2 nitrogen and oxygen atoms in total. The zero-order valence-corrected chi connectivity index (χ0v) is 9.07. The first-order chi connectivity index (χ1) is 6.66. The molecule has 14 heavy (non-hydrogen) atoms. The summed E-state index contributed by atoms with van der Waals surface area (Å²) in [5.41, 5.74) is 0. The predicted molar refractivity (Wildman–Crippen MR) is 56.5 cm³/mol. The van der Waals surface area contributed by atoms with Crippen LogP contribution in [0.15, 0.2) is 12.3 Å². The number of amides is 1. The smallest absolute Gasteiger partial charge is 0.223 e. The molecule has 2 saturated carbocycles. The Bertz CT molecular complexity index is 259. The minimum absolute atomic E-state index is 0.115. The molecule has 0 N–H and O–H groups in total. The number of hydrogen-bond acceptors (Lipinski definition) is 1. The lowest BCUT2D eigenvalue weighted by atomic mass is 9.89. The van der Waals surface area contributed by atoms with Gasteiger partial charge in [-0.3, -0.25) is 4.79 Å². The van der Waals surface area contributed by atoms with Gasteiger partial charge in [-0.2, -0.15) is 0 Å². The zero-order valence-electron chi connectivity index (χ0n) is 9.07. The van der Waals surface area contributed by atoms with E-state index < -0.39 is 0 Å². The van der Waals surface area contributed by atoms with Gasteiger partial charge in [0.15, 0.2) is 0 Å². The summed E-state index contributed by atoms with van der Waals surface area (Å²) in [4.78, 5) is 12.7. The van der Waals surface area contributed by atoms with Crippen LogP contribution >= 0.6 is 0 Å². The van der Waals surface area contributed by atoms with Crippen LogP contribution in [-0.4, -0.2) is 17.9 Å². The van der Waals surface area contributed by atoms with Crippen LogP contribution in [0, 0.1) is 17.8 Å². The highest BCUT2D eigenvalue weighted by molar-refractivity contribution is 5.73. The Balaban J connectivity index is 1.89. The molecule has 2 rings (SSSR count). The van der Waals surface area contributed by atoms with E-state index in [1.807, 2.05) is 13.2 Å². The first-order valence-electron chi connectivity index (χ1n) is 5.58. The molecule has 78 valence electrons. The standard InChI is InChI=1S/C12H19NO/c1-9(14)13(2)6-5-12-8-10-3-4-11(12)7-10/h5-6,10-12H,3-4,7-8H2,1-2H3/b6-5+. The summed E-state index contributed by atoms with van der Waals surface area (Å²) in [6.07, 6.45) is 9.83. The fourth-order valence-corrected chi connectivity index (χ4v) is 2.87. The second-order valence-corrected chi connectivity index (χ2v) is 4.81. The number of allylic oxidation sites excluding steroid dienone is 1. The number of rotatable bonds is 2. The molecule has 1 amide bonds. The summed E-state index contributed by atoms with van der Waals surface area (Å²) in [6.45, 7) is 1.60. The lowest BCUT2D eigenvalue weighted by Crippen LogP contribution is -2.17. The SMILES string of the molecule is CC(=O)N(C)/C=C/C1CC2CCC1C2. The highest BCUT2D eigenvalue weighted by Crippen LogP contribution is 2.48. The van der Waals surface area contributed by atoms with Crippen molar-refractivity contribution >= 4 is 5.91 Å². The average molecular weight is 193 g/mol. The van der Waals surface area contributed by atoms with E-state index in [-0.39, 0.29) is 5.91 Å². The van der Waals surface area contributed by atoms with Gasteiger partial charge in [-0.05, 0) is 37.0 Å². The first kappa shape index (κ1) is 9.75. The molecule has 0 radical (unpaired) electrons. The molecule has 0 heterocycles. The maximum atomic E-state index is 11.0. The minimum atomic E-state index is 0.115. The van der Waals surface area contributed by atoms with Gasteiger partial charge < -0.3 is 4.90 Å². The van der Waals surface area contributed by atoms with Crippen LogP contribution in [0.5, 0.6) is 0 Å². The van der Waals surface area contributed by atoms with E-state index >= 15 is 0 Å². The second-order valence-electron chi connectivity index (χ2n) is 4.81. The van der Waals surface area contributed by atoms with Crippen LogP contribution in [0.3, 0.4) is 0 Å². The lowest BCUT2D eigenvalue weighted by molar-refractivity contribution is -0.125. The maximum Gasteiger partial charge on any atom is 0.223 e. The second kappa shape index (κ2) is 3.76. The number of carbonyl (C=O) groups is 1. The molecule has 3 unspecified atom stereocenters. The van der Waals surface area contributed by atoms with Crippen molar-refractivity contribution in [2.75, 3.05) is 7.05 Å². The molecule has 2 heteroatoms. The van der Waals surface area contributed by atoms with Gasteiger partial charge in [0.25, 0.3) is 0 Å². The van der Waals surface area contributed by atoms with Crippen LogP contribution in [0.4, 0.5) is 0 Å². The number of hydrogen-bond donors (Lipinski definition) is 0. The Kier molecular flexibility index (Phi) is 2.62.